The van der Waals surface area contributed by atoms with Crippen molar-refractivity contribution in [3.8, 4) is 11.5 Å². The molecule has 0 unspecified atom stereocenters. The maximum atomic E-state index is 13.9. The number of benzene rings is 2. The molecule has 0 spiro atoms. The van der Waals surface area contributed by atoms with Gasteiger partial charge in [0.1, 0.15) is 23.9 Å². The molecule has 4 rings (SSSR count). The number of thiophene rings is 1. The third-order valence-corrected chi connectivity index (χ3v) is 5.95. The summed E-state index contributed by atoms with van der Waals surface area (Å²) in [5, 5.41) is 2.28. The van der Waals surface area contributed by atoms with E-state index in [0.29, 0.717) is 27.6 Å². The first-order valence-corrected chi connectivity index (χ1v) is 9.89. The largest absolute Gasteiger partial charge is 0.488 e. The molecule has 1 aliphatic rings. The van der Waals surface area contributed by atoms with Gasteiger partial charge in [-0.05, 0) is 55.1 Å². The van der Waals surface area contributed by atoms with Crippen molar-refractivity contribution >= 4 is 34.8 Å². The highest BCUT2D eigenvalue weighted by Gasteiger charge is 2.30. The van der Waals surface area contributed by atoms with Gasteiger partial charge < -0.3 is 9.47 Å². The van der Waals surface area contributed by atoms with Gasteiger partial charge in [0.2, 0.25) is 5.78 Å². The lowest BCUT2D eigenvalue weighted by molar-refractivity contribution is 0.101. The molecule has 1 aromatic heterocycles. The summed E-state index contributed by atoms with van der Waals surface area (Å²) in [4.78, 5) is 13.7. The van der Waals surface area contributed by atoms with Crippen molar-refractivity contribution in [2.24, 2.45) is 0 Å². The summed E-state index contributed by atoms with van der Waals surface area (Å²) in [6, 6.07) is 9.86. The van der Waals surface area contributed by atoms with Crippen LogP contribution in [0, 0.1) is 19.7 Å². The van der Waals surface area contributed by atoms with Gasteiger partial charge in [-0.15, -0.1) is 11.3 Å². The molecule has 3 nitrogen and oxygen atoms in total. The number of hydrogen-bond donors (Lipinski definition) is 0. The zero-order valence-electron chi connectivity index (χ0n) is 15.2. The Morgan fingerprint density at radius 2 is 2.04 bits per heavy atom. The van der Waals surface area contributed by atoms with E-state index in [1.165, 1.54) is 6.07 Å². The summed E-state index contributed by atoms with van der Waals surface area (Å²) in [5.41, 5.74) is 2.56. The third kappa shape index (κ3) is 3.32. The van der Waals surface area contributed by atoms with Crippen molar-refractivity contribution in [1.29, 1.82) is 0 Å². The molecule has 0 N–H and O–H groups in total. The molecule has 2 heterocycles. The zero-order valence-corrected chi connectivity index (χ0v) is 16.8. The molecule has 28 heavy (non-hydrogen) atoms. The number of hydrogen-bond acceptors (Lipinski definition) is 4. The second kappa shape index (κ2) is 7.41. The van der Waals surface area contributed by atoms with Gasteiger partial charge >= 0.3 is 0 Å². The third-order valence-electron chi connectivity index (χ3n) is 4.63. The Kier molecular flexibility index (Phi) is 4.96. The Balaban J connectivity index is 1.60. The Bertz CT molecular complexity index is 1100. The average Bonchev–Trinajstić information content (AvgIpc) is 3.21. The normalized spacial score (nSPS) is 14.3. The number of halogens is 2. The first-order chi connectivity index (χ1) is 13.5. The lowest BCUT2D eigenvalue weighted by Gasteiger charge is -2.12. The minimum atomic E-state index is -0.422. The smallest absolute Gasteiger partial charge is 0.232 e. The first kappa shape index (κ1) is 18.7. The highest BCUT2D eigenvalue weighted by Crippen LogP contribution is 2.40. The van der Waals surface area contributed by atoms with Crippen LogP contribution in [0.15, 0.2) is 47.5 Å². The van der Waals surface area contributed by atoms with E-state index in [9.17, 15) is 9.18 Å². The number of carbonyl (C=O) groups excluding carboxylic acids is 1. The molecule has 142 valence electrons. The van der Waals surface area contributed by atoms with Crippen molar-refractivity contribution in [2.45, 2.75) is 20.5 Å². The molecule has 0 radical (unpaired) electrons. The van der Waals surface area contributed by atoms with Gasteiger partial charge in [-0.25, -0.2) is 4.39 Å². The van der Waals surface area contributed by atoms with Crippen molar-refractivity contribution < 1.29 is 18.7 Å². The number of fused-ring (bicyclic) bond motifs is 1. The summed E-state index contributed by atoms with van der Waals surface area (Å²) in [6.45, 7) is 3.78. The van der Waals surface area contributed by atoms with Gasteiger partial charge in [-0.2, -0.15) is 0 Å². The van der Waals surface area contributed by atoms with Crippen LogP contribution in [-0.2, 0) is 6.61 Å². The minimum Gasteiger partial charge on any atom is -0.488 e. The SMILES string of the molecule is Cc1ccsc1/C=C1\Oc2c(ccc(OCc3c(F)cccc3Cl)c2C)C1=O. The van der Waals surface area contributed by atoms with Crippen LogP contribution in [0.25, 0.3) is 6.08 Å². The van der Waals surface area contributed by atoms with Gasteiger partial charge in [0, 0.05) is 22.1 Å². The fourth-order valence-corrected chi connectivity index (χ4v) is 4.06. The standard InChI is InChI=1S/C22H16ClFO3S/c1-12-8-9-28-20(12)10-19-21(25)14-6-7-18(13(2)22(14)27-19)26-11-15-16(23)4-3-5-17(15)24/h3-10H,11H2,1-2H3/b19-10-. The molecule has 0 amide bonds. The summed E-state index contributed by atoms with van der Waals surface area (Å²) in [7, 11) is 0. The van der Waals surface area contributed by atoms with Gasteiger partial charge in [0.15, 0.2) is 5.76 Å². The lowest BCUT2D eigenvalue weighted by atomic mass is 10.1. The summed E-state index contributed by atoms with van der Waals surface area (Å²) < 4.78 is 25.6. The Morgan fingerprint density at radius 1 is 1.21 bits per heavy atom. The molecule has 3 aromatic rings. The fraction of sp³-hybridized carbons (Fsp3) is 0.136. The predicted octanol–water partition coefficient (Wildman–Crippen LogP) is 6.35. The average molecular weight is 415 g/mol. The molecule has 0 fully saturated rings. The molecular formula is C22H16ClFO3S. The van der Waals surface area contributed by atoms with E-state index in [1.807, 2.05) is 25.3 Å². The fourth-order valence-electron chi connectivity index (χ4n) is 3.00. The van der Waals surface area contributed by atoms with Gasteiger partial charge in [-0.3, -0.25) is 4.79 Å². The van der Waals surface area contributed by atoms with Crippen LogP contribution in [-0.4, -0.2) is 5.78 Å². The molecular weight excluding hydrogens is 399 g/mol. The zero-order chi connectivity index (χ0) is 19.8. The van der Waals surface area contributed by atoms with E-state index in [-0.39, 0.29) is 23.7 Å². The molecule has 0 aliphatic carbocycles. The van der Waals surface area contributed by atoms with Gasteiger partial charge in [0.25, 0.3) is 0 Å². The second-order valence-electron chi connectivity index (χ2n) is 6.46. The van der Waals surface area contributed by atoms with Crippen molar-refractivity contribution in [2.75, 3.05) is 0 Å². The quantitative estimate of drug-likeness (QED) is 0.466. The lowest BCUT2D eigenvalue weighted by Crippen LogP contribution is -2.01. The Morgan fingerprint density at radius 3 is 2.75 bits per heavy atom. The number of rotatable bonds is 4. The van der Waals surface area contributed by atoms with Crippen molar-refractivity contribution in [1.82, 2.24) is 0 Å². The number of ether oxygens (including phenoxy) is 2. The molecule has 0 saturated heterocycles. The van der Waals surface area contributed by atoms with E-state index in [0.717, 1.165) is 10.4 Å². The predicted molar refractivity (Wildman–Crippen MR) is 109 cm³/mol. The van der Waals surface area contributed by atoms with E-state index in [4.69, 9.17) is 21.1 Å². The van der Waals surface area contributed by atoms with Crippen LogP contribution in [0.3, 0.4) is 0 Å². The van der Waals surface area contributed by atoms with Crippen LogP contribution in [0.4, 0.5) is 4.39 Å². The van der Waals surface area contributed by atoms with Gasteiger partial charge in [-0.1, -0.05) is 17.7 Å². The molecule has 0 bridgehead atoms. The van der Waals surface area contributed by atoms with Crippen LogP contribution in [0.1, 0.15) is 31.9 Å². The van der Waals surface area contributed by atoms with E-state index < -0.39 is 5.82 Å². The van der Waals surface area contributed by atoms with Crippen LogP contribution in [0.2, 0.25) is 5.02 Å². The van der Waals surface area contributed by atoms with E-state index in [1.54, 1.807) is 41.7 Å². The summed E-state index contributed by atoms with van der Waals surface area (Å²) in [6.07, 6.45) is 1.77. The number of Topliss-reactive ketones (excluding diaryl/α,β-unsaturated/α-hetero) is 1. The molecule has 6 heteroatoms. The Labute approximate surface area is 171 Å². The molecule has 1 aliphatic heterocycles. The topological polar surface area (TPSA) is 35.5 Å². The number of aryl methyl sites for hydroxylation is 1. The van der Waals surface area contributed by atoms with Crippen molar-refractivity contribution in [3.05, 3.63) is 85.5 Å². The molecule has 2 aromatic carbocycles. The summed E-state index contributed by atoms with van der Waals surface area (Å²) >= 11 is 7.60. The van der Waals surface area contributed by atoms with E-state index in [2.05, 4.69) is 0 Å². The highest BCUT2D eigenvalue weighted by atomic mass is 35.5. The minimum absolute atomic E-state index is 0.0177. The number of ketones is 1. The molecule has 0 saturated carbocycles. The molecule has 0 atom stereocenters. The summed E-state index contributed by atoms with van der Waals surface area (Å²) in [5.74, 6) is 0.698. The Hall–Kier alpha value is -2.63. The monoisotopic (exact) mass is 414 g/mol. The van der Waals surface area contributed by atoms with Crippen molar-refractivity contribution in [3.63, 3.8) is 0 Å². The first-order valence-electron chi connectivity index (χ1n) is 8.63. The van der Waals surface area contributed by atoms with Gasteiger partial charge in [0.05, 0.1) is 10.6 Å². The maximum Gasteiger partial charge on any atom is 0.232 e. The van der Waals surface area contributed by atoms with Crippen LogP contribution in [0.5, 0.6) is 11.5 Å². The second-order valence-corrected chi connectivity index (χ2v) is 7.82. The maximum absolute atomic E-state index is 13.9. The van der Waals surface area contributed by atoms with Crippen LogP contribution >= 0.6 is 22.9 Å². The number of allylic oxidation sites excluding steroid dienone is 1. The number of carbonyl (C=O) groups is 1. The van der Waals surface area contributed by atoms with Crippen LogP contribution < -0.4 is 9.47 Å². The highest BCUT2D eigenvalue weighted by molar-refractivity contribution is 7.11. The van der Waals surface area contributed by atoms with E-state index >= 15 is 0 Å².